The number of nitrogens with one attached hydrogen (secondary N) is 1. The molecule has 0 radical (unpaired) electrons. The van der Waals surface area contributed by atoms with Gasteiger partial charge < -0.3 is 0 Å². The predicted octanol–water partition coefficient (Wildman–Crippen LogP) is 3.00. The molecule has 0 fully saturated rings. The van der Waals surface area contributed by atoms with Gasteiger partial charge in [-0.1, -0.05) is 17.7 Å². The summed E-state index contributed by atoms with van der Waals surface area (Å²) >= 11 is 5.97. The molecule has 0 aliphatic rings. The number of halogens is 1. The van der Waals surface area contributed by atoms with Crippen molar-refractivity contribution in [3.05, 3.63) is 52.3 Å². The van der Waals surface area contributed by atoms with Crippen molar-refractivity contribution >= 4 is 23.5 Å². The number of amides is 1. The highest BCUT2D eigenvalue weighted by molar-refractivity contribution is 6.31. The summed E-state index contributed by atoms with van der Waals surface area (Å²) in [5, 5.41) is 3.19. The number of anilines is 1. The summed E-state index contributed by atoms with van der Waals surface area (Å²) in [7, 11) is 0. The number of hydrogen-bond donors (Lipinski definition) is 1. The molecule has 5 heteroatoms. The minimum atomic E-state index is -0.275. The number of aryl methyl sites for hydroxylation is 2. The van der Waals surface area contributed by atoms with Crippen molar-refractivity contribution in [3.8, 4) is 0 Å². The summed E-state index contributed by atoms with van der Waals surface area (Å²) in [5.74, 6) is 0.0131. The van der Waals surface area contributed by atoms with Gasteiger partial charge in [0.25, 0.3) is 5.91 Å². The molecule has 0 saturated heterocycles. The molecule has 1 heterocycles. The molecule has 0 unspecified atom stereocenters. The number of benzene rings is 1. The Morgan fingerprint density at radius 3 is 2.72 bits per heavy atom. The first-order chi connectivity index (χ1) is 8.56. The summed E-state index contributed by atoms with van der Waals surface area (Å²) in [4.78, 5) is 20.0. The van der Waals surface area contributed by atoms with E-state index in [1.807, 2.05) is 13.8 Å². The van der Waals surface area contributed by atoms with Crippen LogP contribution in [0.2, 0.25) is 5.02 Å². The van der Waals surface area contributed by atoms with Crippen LogP contribution in [0.5, 0.6) is 0 Å². The van der Waals surface area contributed by atoms with Gasteiger partial charge in [-0.3, -0.25) is 10.1 Å². The van der Waals surface area contributed by atoms with E-state index in [1.165, 1.54) is 0 Å². The van der Waals surface area contributed by atoms with E-state index in [0.29, 0.717) is 10.6 Å². The maximum atomic E-state index is 11.9. The Morgan fingerprint density at radius 1 is 1.28 bits per heavy atom. The standard InChI is InChI=1S/C13H12ClN3O/c1-8-3-4-10(7-11(8)14)12(18)17-13-15-6-5-9(2)16-13/h3-7H,1-2H3,(H,15,16,17,18). The zero-order chi connectivity index (χ0) is 13.1. The lowest BCUT2D eigenvalue weighted by Gasteiger charge is -2.05. The molecule has 2 aromatic rings. The van der Waals surface area contributed by atoms with Crippen LogP contribution in [0.15, 0.2) is 30.5 Å². The van der Waals surface area contributed by atoms with Crippen LogP contribution < -0.4 is 5.32 Å². The fourth-order valence-electron chi connectivity index (χ4n) is 1.42. The van der Waals surface area contributed by atoms with Crippen LogP contribution in [0.3, 0.4) is 0 Å². The Kier molecular flexibility index (Phi) is 3.58. The topological polar surface area (TPSA) is 54.9 Å². The summed E-state index contributed by atoms with van der Waals surface area (Å²) in [6.07, 6.45) is 1.60. The van der Waals surface area contributed by atoms with Crippen LogP contribution in [-0.4, -0.2) is 15.9 Å². The van der Waals surface area contributed by atoms with E-state index in [2.05, 4.69) is 15.3 Å². The average Bonchev–Trinajstić information content (AvgIpc) is 2.32. The Morgan fingerprint density at radius 2 is 2.06 bits per heavy atom. The highest BCUT2D eigenvalue weighted by atomic mass is 35.5. The number of rotatable bonds is 2. The molecular formula is C13H12ClN3O. The summed E-state index contributed by atoms with van der Waals surface area (Å²) in [5.41, 5.74) is 2.21. The van der Waals surface area contributed by atoms with Crippen molar-refractivity contribution in [2.24, 2.45) is 0 Å². The first-order valence-corrected chi connectivity index (χ1v) is 5.81. The molecule has 0 bridgehead atoms. The zero-order valence-corrected chi connectivity index (χ0v) is 10.8. The van der Waals surface area contributed by atoms with Crippen molar-refractivity contribution in [2.75, 3.05) is 5.32 Å². The summed E-state index contributed by atoms with van der Waals surface area (Å²) in [6, 6.07) is 6.90. The molecule has 1 amide bonds. The van der Waals surface area contributed by atoms with Gasteiger partial charge in [-0.2, -0.15) is 0 Å². The number of nitrogens with zero attached hydrogens (tertiary/aromatic N) is 2. The predicted molar refractivity (Wildman–Crippen MR) is 70.9 cm³/mol. The number of carbonyl (C=O) groups is 1. The van der Waals surface area contributed by atoms with Gasteiger partial charge >= 0.3 is 0 Å². The second-order valence-corrected chi connectivity index (χ2v) is 4.35. The first-order valence-electron chi connectivity index (χ1n) is 5.43. The van der Waals surface area contributed by atoms with Crippen LogP contribution in [0.1, 0.15) is 21.6 Å². The van der Waals surface area contributed by atoms with Crippen LogP contribution >= 0.6 is 11.6 Å². The normalized spacial score (nSPS) is 10.2. The van der Waals surface area contributed by atoms with Gasteiger partial charge in [0.1, 0.15) is 0 Å². The van der Waals surface area contributed by atoms with Crippen LogP contribution in [0.25, 0.3) is 0 Å². The Balaban J connectivity index is 2.19. The molecule has 2 rings (SSSR count). The average molecular weight is 262 g/mol. The molecular weight excluding hydrogens is 250 g/mol. The molecule has 0 spiro atoms. The minimum absolute atomic E-state index is 0.275. The van der Waals surface area contributed by atoms with E-state index in [0.717, 1.165) is 11.3 Å². The highest BCUT2D eigenvalue weighted by Crippen LogP contribution is 2.17. The van der Waals surface area contributed by atoms with Crippen molar-refractivity contribution in [3.63, 3.8) is 0 Å². The lowest BCUT2D eigenvalue weighted by atomic mass is 10.1. The highest BCUT2D eigenvalue weighted by Gasteiger charge is 2.09. The van der Waals surface area contributed by atoms with Crippen molar-refractivity contribution in [2.45, 2.75) is 13.8 Å². The molecule has 0 aliphatic heterocycles. The lowest BCUT2D eigenvalue weighted by Crippen LogP contribution is -2.14. The second kappa shape index (κ2) is 5.14. The van der Waals surface area contributed by atoms with E-state index >= 15 is 0 Å². The third-order valence-electron chi connectivity index (χ3n) is 2.45. The van der Waals surface area contributed by atoms with Crippen LogP contribution in [0, 0.1) is 13.8 Å². The molecule has 0 atom stereocenters. The monoisotopic (exact) mass is 261 g/mol. The summed E-state index contributed by atoms with van der Waals surface area (Å²) in [6.45, 7) is 3.72. The van der Waals surface area contributed by atoms with E-state index in [-0.39, 0.29) is 11.9 Å². The molecule has 0 saturated carbocycles. The van der Waals surface area contributed by atoms with Gasteiger partial charge in [-0.25, -0.2) is 9.97 Å². The van der Waals surface area contributed by atoms with Crippen LogP contribution in [0.4, 0.5) is 5.95 Å². The van der Waals surface area contributed by atoms with Gasteiger partial charge in [0.2, 0.25) is 5.95 Å². The van der Waals surface area contributed by atoms with Gasteiger partial charge in [-0.15, -0.1) is 0 Å². The molecule has 1 aromatic heterocycles. The van der Waals surface area contributed by atoms with Gasteiger partial charge in [-0.05, 0) is 37.6 Å². The quantitative estimate of drug-likeness (QED) is 0.904. The molecule has 1 aromatic carbocycles. The molecule has 1 N–H and O–H groups in total. The Bertz CT molecular complexity index is 599. The summed E-state index contributed by atoms with van der Waals surface area (Å²) < 4.78 is 0. The SMILES string of the molecule is Cc1ccnc(NC(=O)c2ccc(C)c(Cl)c2)n1. The third-order valence-corrected chi connectivity index (χ3v) is 2.86. The zero-order valence-electron chi connectivity index (χ0n) is 10.1. The van der Waals surface area contributed by atoms with Gasteiger partial charge in [0.15, 0.2) is 0 Å². The van der Waals surface area contributed by atoms with E-state index in [9.17, 15) is 4.79 Å². The van der Waals surface area contributed by atoms with E-state index < -0.39 is 0 Å². The maximum absolute atomic E-state index is 11.9. The maximum Gasteiger partial charge on any atom is 0.258 e. The fraction of sp³-hybridized carbons (Fsp3) is 0.154. The van der Waals surface area contributed by atoms with Crippen molar-refractivity contribution in [1.29, 1.82) is 0 Å². The van der Waals surface area contributed by atoms with Gasteiger partial charge in [0.05, 0.1) is 0 Å². The Hall–Kier alpha value is -1.94. The molecule has 92 valence electrons. The smallest absolute Gasteiger partial charge is 0.258 e. The lowest BCUT2D eigenvalue weighted by molar-refractivity contribution is 0.102. The Labute approximate surface area is 110 Å². The number of carbonyl (C=O) groups excluding carboxylic acids is 1. The number of hydrogen-bond acceptors (Lipinski definition) is 3. The van der Waals surface area contributed by atoms with E-state index in [4.69, 9.17) is 11.6 Å². The third kappa shape index (κ3) is 2.84. The first kappa shape index (κ1) is 12.5. The van der Waals surface area contributed by atoms with E-state index in [1.54, 1.807) is 30.5 Å². The molecule has 0 aliphatic carbocycles. The minimum Gasteiger partial charge on any atom is -0.290 e. The van der Waals surface area contributed by atoms with Crippen molar-refractivity contribution in [1.82, 2.24) is 9.97 Å². The van der Waals surface area contributed by atoms with Gasteiger partial charge in [0, 0.05) is 22.5 Å². The molecule has 18 heavy (non-hydrogen) atoms. The molecule has 4 nitrogen and oxygen atoms in total. The number of aromatic nitrogens is 2. The van der Waals surface area contributed by atoms with Crippen molar-refractivity contribution < 1.29 is 4.79 Å². The van der Waals surface area contributed by atoms with Crippen LogP contribution in [-0.2, 0) is 0 Å². The fourth-order valence-corrected chi connectivity index (χ4v) is 1.60. The largest absolute Gasteiger partial charge is 0.290 e. The second-order valence-electron chi connectivity index (χ2n) is 3.94.